The third kappa shape index (κ3) is 4.87. The van der Waals surface area contributed by atoms with Crippen LogP contribution in [0.5, 0.6) is 0 Å². The molecule has 0 aliphatic heterocycles. The average molecular weight is 295 g/mol. The molecule has 0 saturated heterocycles. The van der Waals surface area contributed by atoms with Crippen LogP contribution in [0.4, 0.5) is 0 Å². The van der Waals surface area contributed by atoms with Gasteiger partial charge in [0.2, 0.25) is 5.91 Å². The van der Waals surface area contributed by atoms with Crippen molar-refractivity contribution in [1.82, 2.24) is 10.3 Å². The molecular formula is C15H25N3OS. The van der Waals surface area contributed by atoms with E-state index >= 15 is 0 Å². The normalized spacial score (nSPS) is 17.9. The molecule has 112 valence electrons. The lowest BCUT2D eigenvalue weighted by Gasteiger charge is -2.24. The van der Waals surface area contributed by atoms with Crippen LogP contribution < -0.4 is 11.1 Å². The maximum atomic E-state index is 12.0. The molecule has 0 spiro atoms. The lowest BCUT2D eigenvalue weighted by molar-refractivity contribution is -0.122. The zero-order chi connectivity index (χ0) is 14.4. The number of rotatable bonds is 6. The van der Waals surface area contributed by atoms with Crippen LogP contribution in [-0.2, 0) is 11.2 Å². The van der Waals surface area contributed by atoms with Crippen molar-refractivity contribution in [3.63, 3.8) is 0 Å². The van der Waals surface area contributed by atoms with Crippen molar-refractivity contribution in [2.75, 3.05) is 6.54 Å². The molecule has 1 amide bonds. The second-order valence-electron chi connectivity index (χ2n) is 5.75. The Balaban J connectivity index is 1.65. The Kier molecular flexibility index (Phi) is 5.98. The van der Waals surface area contributed by atoms with E-state index in [1.54, 1.807) is 11.3 Å². The van der Waals surface area contributed by atoms with Crippen LogP contribution in [0, 0.1) is 12.8 Å². The maximum absolute atomic E-state index is 12.0. The minimum Gasteiger partial charge on any atom is -0.354 e. The maximum Gasteiger partial charge on any atom is 0.236 e. The van der Waals surface area contributed by atoms with E-state index in [2.05, 4.69) is 10.3 Å². The van der Waals surface area contributed by atoms with E-state index in [1.807, 2.05) is 12.3 Å². The number of aromatic nitrogens is 1. The van der Waals surface area contributed by atoms with Crippen LogP contribution in [0.3, 0.4) is 0 Å². The minimum absolute atomic E-state index is 0.0116. The molecule has 1 aromatic rings. The number of aryl methyl sites for hydroxylation is 1. The highest BCUT2D eigenvalue weighted by molar-refractivity contribution is 7.09. The summed E-state index contributed by atoms with van der Waals surface area (Å²) >= 11 is 1.64. The molecule has 1 atom stereocenters. The quantitative estimate of drug-likeness (QED) is 0.847. The number of nitrogens with two attached hydrogens (primary N) is 1. The zero-order valence-corrected chi connectivity index (χ0v) is 13.0. The van der Waals surface area contributed by atoms with Gasteiger partial charge in [0.15, 0.2) is 0 Å². The number of amides is 1. The van der Waals surface area contributed by atoms with Gasteiger partial charge in [-0.05, 0) is 19.3 Å². The number of carbonyl (C=O) groups excluding carboxylic acids is 1. The fraction of sp³-hybridized carbons (Fsp3) is 0.733. The fourth-order valence-electron chi connectivity index (χ4n) is 2.86. The second-order valence-corrected chi connectivity index (χ2v) is 6.81. The summed E-state index contributed by atoms with van der Waals surface area (Å²) in [6, 6.07) is -0.352. The summed E-state index contributed by atoms with van der Waals surface area (Å²) in [6.07, 6.45) is 8.02. The summed E-state index contributed by atoms with van der Waals surface area (Å²) in [5.41, 5.74) is 7.06. The Morgan fingerprint density at radius 3 is 2.90 bits per heavy atom. The van der Waals surface area contributed by atoms with Gasteiger partial charge in [-0.25, -0.2) is 4.98 Å². The Labute approximate surface area is 125 Å². The molecule has 0 bridgehead atoms. The second kappa shape index (κ2) is 7.74. The SMILES string of the molecule is Cc1nc(CCNC(=O)C(N)CC2CCCCC2)cs1. The molecular weight excluding hydrogens is 270 g/mol. The molecule has 4 nitrogen and oxygen atoms in total. The van der Waals surface area contributed by atoms with Crippen molar-refractivity contribution in [2.45, 2.75) is 57.9 Å². The fourth-order valence-corrected chi connectivity index (χ4v) is 3.50. The van der Waals surface area contributed by atoms with E-state index in [9.17, 15) is 4.79 Å². The van der Waals surface area contributed by atoms with Crippen molar-refractivity contribution >= 4 is 17.2 Å². The van der Waals surface area contributed by atoms with Crippen LogP contribution >= 0.6 is 11.3 Å². The molecule has 1 heterocycles. The Morgan fingerprint density at radius 1 is 1.50 bits per heavy atom. The van der Waals surface area contributed by atoms with Gasteiger partial charge in [0.25, 0.3) is 0 Å². The van der Waals surface area contributed by atoms with Crippen molar-refractivity contribution in [2.24, 2.45) is 11.7 Å². The first-order chi connectivity index (χ1) is 9.65. The minimum atomic E-state index is -0.352. The number of thiazole rings is 1. The lowest BCUT2D eigenvalue weighted by atomic mass is 9.85. The summed E-state index contributed by atoms with van der Waals surface area (Å²) in [4.78, 5) is 16.3. The Morgan fingerprint density at radius 2 is 2.25 bits per heavy atom. The molecule has 2 rings (SSSR count). The van der Waals surface area contributed by atoms with Crippen molar-refractivity contribution < 1.29 is 4.79 Å². The smallest absolute Gasteiger partial charge is 0.236 e. The number of hydrogen-bond acceptors (Lipinski definition) is 4. The van der Waals surface area contributed by atoms with E-state index < -0.39 is 0 Å². The highest BCUT2D eigenvalue weighted by Crippen LogP contribution is 2.26. The standard InChI is InChI=1S/C15H25N3OS/c1-11-18-13(10-20-11)7-8-17-15(19)14(16)9-12-5-3-2-4-6-12/h10,12,14H,2-9,16H2,1H3,(H,17,19). The van der Waals surface area contributed by atoms with Gasteiger partial charge in [0.05, 0.1) is 16.7 Å². The lowest BCUT2D eigenvalue weighted by Crippen LogP contribution is -2.42. The molecule has 5 heteroatoms. The number of hydrogen-bond donors (Lipinski definition) is 2. The molecule has 1 saturated carbocycles. The van der Waals surface area contributed by atoms with E-state index in [0.717, 1.165) is 23.5 Å². The van der Waals surface area contributed by atoms with E-state index in [0.29, 0.717) is 12.5 Å². The van der Waals surface area contributed by atoms with E-state index in [-0.39, 0.29) is 11.9 Å². The molecule has 1 aromatic heterocycles. The van der Waals surface area contributed by atoms with Gasteiger partial charge in [-0.3, -0.25) is 4.79 Å². The third-order valence-electron chi connectivity index (χ3n) is 4.00. The molecule has 1 fully saturated rings. The van der Waals surface area contributed by atoms with Gasteiger partial charge in [-0.2, -0.15) is 0 Å². The van der Waals surface area contributed by atoms with Gasteiger partial charge < -0.3 is 11.1 Å². The highest BCUT2D eigenvalue weighted by Gasteiger charge is 2.20. The zero-order valence-electron chi connectivity index (χ0n) is 12.2. The van der Waals surface area contributed by atoms with Crippen LogP contribution in [0.2, 0.25) is 0 Å². The largest absolute Gasteiger partial charge is 0.354 e. The van der Waals surface area contributed by atoms with Gasteiger partial charge in [0, 0.05) is 18.3 Å². The molecule has 1 aliphatic carbocycles. The number of nitrogens with one attached hydrogen (secondary N) is 1. The molecule has 20 heavy (non-hydrogen) atoms. The van der Waals surface area contributed by atoms with E-state index in [1.165, 1.54) is 32.1 Å². The van der Waals surface area contributed by atoms with Crippen molar-refractivity contribution in [3.05, 3.63) is 16.1 Å². The number of carbonyl (C=O) groups is 1. The summed E-state index contributed by atoms with van der Waals surface area (Å²) in [5, 5.41) is 6.05. The molecule has 3 N–H and O–H groups in total. The molecule has 0 aromatic carbocycles. The predicted octanol–water partition coefficient (Wildman–Crippen LogP) is 2.41. The highest BCUT2D eigenvalue weighted by atomic mass is 32.1. The Hall–Kier alpha value is -0.940. The first kappa shape index (κ1) is 15.4. The van der Waals surface area contributed by atoms with Crippen LogP contribution in [0.1, 0.15) is 49.2 Å². The van der Waals surface area contributed by atoms with Crippen molar-refractivity contribution in [1.29, 1.82) is 0 Å². The average Bonchev–Trinajstić information content (AvgIpc) is 2.85. The van der Waals surface area contributed by atoms with Gasteiger partial charge in [-0.1, -0.05) is 32.1 Å². The topological polar surface area (TPSA) is 68.0 Å². The molecule has 0 radical (unpaired) electrons. The first-order valence-corrected chi connectivity index (χ1v) is 8.47. The molecule has 1 unspecified atom stereocenters. The van der Waals surface area contributed by atoms with Gasteiger partial charge >= 0.3 is 0 Å². The number of nitrogens with zero attached hydrogens (tertiary/aromatic N) is 1. The first-order valence-electron chi connectivity index (χ1n) is 7.59. The Bertz CT molecular complexity index is 427. The van der Waals surface area contributed by atoms with Gasteiger partial charge in [-0.15, -0.1) is 11.3 Å². The summed E-state index contributed by atoms with van der Waals surface area (Å²) in [7, 11) is 0. The van der Waals surface area contributed by atoms with Crippen LogP contribution in [0.25, 0.3) is 0 Å². The van der Waals surface area contributed by atoms with E-state index in [4.69, 9.17) is 5.73 Å². The monoisotopic (exact) mass is 295 g/mol. The summed E-state index contributed by atoms with van der Waals surface area (Å²) in [5.74, 6) is 0.633. The van der Waals surface area contributed by atoms with Crippen molar-refractivity contribution in [3.8, 4) is 0 Å². The summed E-state index contributed by atoms with van der Waals surface area (Å²) in [6.45, 7) is 2.62. The van der Waals surface area contributed by atoms with Crippen LogP contribution in [0.15, 0.2) is 5.38 Å². The van der Waals surface area contributed by atoms with Gasteiger partial charge in [0.1, 0.15) is 0 Å². The summed E-state index contributed by atoms with van der Waals surface area (Å²) < 4.78 is 0. The molecule has 1 aliphatic rings. The third-order valence-corrected chi connectivity index (χ3v) is 4.82. The predicted molar refractivity (Wildman–Crippen MR) is 82.7 cm³/mol. The van der Waals surface area contributed by atoms with Crippen LogP contribution in [-0.4, -0.2) is 23.5 Å².